The summed E-state index contributed by atoms with van der Waals surface area (Å²) in [5.74, 6) is -0.369. The van der Waals surface area contributed by atoms with Crippen molar-refractivity contribution in [2.45, 2.75) is 65.8 Å². The molecule has 0 spiro atoms. The summed E-state index contributed by atoms with van der Waals surface area (Å²) in [7, 11) is 0. The SMILES string of the molecule is CC=CC=CC(=O)OC(C)COC(C)COC(C)COCCCC. The van der Waals surface area contributed by atoms with Gasteiger partial charge in [0.05, 0.1) is 32.0 Å². The van der Waals surface area contributed by atoms with Crippen LogP contribution in [0.3, 0.4) is 0 Å². The van der Waals surface area contributed by atoms with Gasteiger partial charge in [0.1, 0.15) is 6.10 Å². The fraction of sp³-hybridized carbons (Fsp3) is 0.737. The van der Waals surface area contributed by atoms with Crippen LogP contribution in [0.15, 0.2) is 24.3 Å². The quantitative estimate of drug-likeness (QED) is 0.209. The smallest absolute Gasteiger partial charge is 0.331 e. The summed E-state index contributed by atoms with van der Waals surface area (Å²) in [4.78, 5) is 11.5. The van der Waals surface area contributed by atoms with E-state index in [2.05, 4.69) is 6.92 Å². The Morgan fingerprint density at radius 3 is 2.21 bits per heavy atom. The molecule has 0 aliphatic carbocycles. The summed E-state index contributed by atoms with van der Waals surface area (Å²) in [6.45, 7) is 12.0. The van der Waals surface area contributed by atoms with Gasteiger partial charge in [0.25, 0.3) is 0 Å². The molecule has 3 atom stereocenters. The van der Waals surface area contributed by atoms with E-state index in [1.807, 2.05) is 26.8 Å². The van der Waals surface area contributed by atoms with Gasteiger partial charge in [0, 0.05) is 12.7 Å². The lowest BCUT2D eigenvalue weighted by atomic mass is 10.3. The van der Waals surface area contributed by atoms with E-state index in [0.717, 1.165) is 19.4 Å². The zero-order valence-electron chi connectivity index (χ0n) is 15.8. The van der Waals surface area contributed by atoms with E-state index < -0.39 is 0 Å². The third kappa shape index (κ3) is 14.4. The molecule has 0 aromatic carbocycles. The molecule has 0 bridgehead atoms. The zero-order valence-corrected chi connectivity index (χ0v) is 15.8. The highest BCUT2D eigenvalue weighted by Gasteiger charge is 2.11. The molecule has 140 valence electrons. The van der Waals surface area contributed by atoms with Crippen LogP contribution < -0.4 is 0 Å². The molecule has 5 heteroatoms. The van der Waals surface area contributed by atoms with Gasteiger partial charge in [0.2, 0.25) is 0 Å². The van der Waals surface area contributed by atoms with Crippen molar-refractivity contribution in [1.82, 2.24) is 0 Å². The predicted octanol–water partition coefficient (Wildman–Crippen LogP) is 3.68. The monoisotopic (exact) mass is 342 g/mol. The van der Waals surface area contributed by atoms with Crippen LogP contribution in [0.1, 0.15) is 47.5 Å². The van der Waals surface area contributed by atoms with Crippen LogP contribution in [0, 0.1) is 0 Å². The number of rotatable bonds is 14. The summed E-state index contributed by atoms with van der Waals surface area (Å²) >= 11 is 0. The molecule has 0 aromatic rings. The maximum Gasteiger partial charge on any atom is 0.331 e. The van der Waals surface area contributed by atoms with Gasteiger partial charge in [-0.15, -0.1) is 0 Å². The lowest BCUT2D eigenvalue weighted by molar-refractivity contribution is -0.147. The maximum absolute atomic E-state index is 11.5. The second-order valence-electron chi connectivity index (χ2n) is 5.85. The van der Waals surface area contributed by atoms with Crippen LogP contribution in [0.4, 0.5) is 0 Å². The summed E-state index contributed by atoms with van der Waals surface area (Å²) in [6, 6.07) is 0. The van der Waals surface area contributed by atoms with Gasteiger partial charge in [-0.25, -0.2) is 4.79 Å². The lowest BCUT2D eigenvalue weighted by Crippen LogP contribution is -2.27. The fourth-order valence-corrected chi connectivity index (χ4v) is 1.71. The molecule has 0 rings (SSSR count). The van der Waals surface area contributed by atoms with E-state index in [0.29, 0.717) is 19.8 Å². The van der Waals surface area contributed by atoms with E-state index in [4.69, 9.17) is 18.9 Å². The van der Waals surface area contributed by atoms with E-state index >= 15 is 0 Å². The van der Waals surface area contributed by atoms with Gasteiger partial charge >= 0.3 is 5.97 Å². The van der Waals surface area contributed by atoms with Crippen molar-refractivity contribution in [3.8, 4) is 0 Å². The van der Waals surface area contributed by atoms with E-state index in [1.165, 1.54) is 6.08 Å². The molecule has 0 aliphatic rings. The normalized spacial score (nSPS) is 15.7. The number of allylic oxidation sites excluding steroid dienone is 3. The van der Waals surface area contributed by atoms with Gasteiger partial charge < -0.3 is 18.9 Å². The molecule has 0 aliphatic heterocycles. The topological polar surface area (TPSA) is 54.0 Å². The highest BCUT2D eigenvalue weighted by atomic mass is 16.6. The maximum atomic E-state index is 11.5. The Morgan fingerprint density at radius 2 is 1.58 bits per heavy atom. The molecule has 0 N–H and O–H groups in total. The first-order chi connectivity index (χ1) is 11.5. The lowest BCUT2D eigenvalue weighted by Gasteiger charge is -2.19. The number of unbranched alkanes of at least 4 members (excludes halogenated alkanes) is 1. The molecule has 0 amide bonds. The van der Waals surface area contributed by atoms with Crippen LogP contribution in [-0.2, 0) is 23.7 Å². The second-order valence-corrected chi connectivity index (χ2v) is 5.85. The fourth-order valence-electron chi connectivity index (χ4n) is 1.71. The van der Waals surface area contributed by atoms with Gasteiger partial charge in [-0.3, -0.25) is 0 Å². The Balaban J connectivity index is 3.76. The van der Waals surface area contributed by atoms with Crippen LogP contribution in [0.2, 0.25) is 0 Å². The molecule has 0 fully saturated rings. The minimum absolute atomic E-state index is 0.0416. The number of carbonyl (C=O) groups excluding carboxylic acids is 1. The summed E-state index contributed by atoms with van der Waals surface area (Å²) in [5, 5.41) is 0. The highest BCUT2D eigenvalue weighted by molar-refractivity contribution is 5.82. The van der Waals surface area contributed by atoms with Crippen LogP contribution >= 0.6 is 0 Å². The minimum Gasteiger partial charge on any atom is -0.457 e. The average molecular weight is 342 g/mol. The average Bonchev–Trinajstić information content (AvgIpc) is 2.55. The van der Waals surface area contributed by atoms with Crippen molar-refractivity contribution in [2.75, 3.05) is 26.4 Å². The Morgan fingerprint density at radius 1 is 0.958 bits per heavy atom. The molecular weight excluding hydrogens is 308 g/mol. The number of hydrogen-bond donors (Lipinski definition) is 0. The Labute approximate surface area is 147 Å². The van der Waals surface area contributed by atoms with Crippen molar-refractivity contribution < 1.29 is 23.7 Å². The molecule has 0 aromatic heterocycles. The highest BCUT2D eigenvalue weighted by Crippen LogP contribution is 2.02. The zero-order chi connectivity index (χ0) is 18.2. The molecule has 0 saturated heterocycles. The van der Waals surface area contributed by atoms with E-state index in [-0.39, 0.29) is 24.3 Å². The molecule has 0 radical (unpaired) electrons. The molecule has 0 heterocycles. The molecule has 0 saturated carbocycles. The van der Waals surface area contributed by atoms with Crippen LogP contribution in [0.25, 0.3) is 0 Å². The van der Waals surface area contributed by atoms with Crippen molar-refractivity contribution in [3.63, 3.8) is 0 Å². The Hall–Kier alpha value is -1.17. The van der Waals surface area contributed by atoms with Crippen molar-refractivity contribution in [3.05, 3.63) is 24.3 Å². The standard InChI is InChI=1S/C19H34O5/c1-6-8-10-11-19(20)24-18(5)15-23-17(4)14-22-16(3)13-21-12-9-7-2/h6,8,10-11,16-18H,7,9,12-15H2,1-5H3. The summed E-state index contributed by atoms with van der Waals surface area (Å²) < 4.78 is 22.0. The van der Waals surface area contributed by atoms with Crippen molar-refractivity contribution in [2.24, 2.45) is 0 Å². The van der Waals surface area contributed by atoms with E-state index in [1.54, 1.807) is 19.1 Å². The van der Waals surface area contributed by atoms with Crippen LogP contribution in [-0.4, -0.2) is 50.7 Å². The molecular formula is C19H34O5. The largest absolute Gasteiger partial charge is 0.457 e. The second kappa shape index (κ2) is 15.4. The predicted molar refractivity (Wildman–Crippen MR) is 96.1 cm³/mol. The first-order valence-corrected chi connectivity index (χ1v) is 8.80. The van der Waals surface area contributed by atoms with Gasteiger partial charge in [0.15, 0.2) is 0 Å². The van der Waals surface area contributed by atoms with Crippen molar-refractivity contribution >= 4 is 5.97 Å². The van der Waals surface area contributed by atoms with Crippen molar-refractivity contribution in [1.29, 1.82) is 0 Å². The van der Waals surface area contributed by atoms with Gasteiger partial charge in [-0.2, -0.15) is 0 Å². The summed E-state index contributed by atoms with van der Waals surface area (Å²) in [6.07, 6.45) is 8.54. The van der Waals surface area contributed by atoms with E-state index in [9.17, 15) is 4.79 Å². The minimum atomic E-state index is -0.369. The summed E-state index contributed by atoms with van der Waals surface area (Å²) in [5.41, 5.74) is 0. The van der Waals surface area contributed by atoms with Crippen LogP contribution in [0.5, 0.6) is 0 Å². The first kappa shape index (κ1) is 22.8. The third-order valence-corrected chi connectivity index (χ3v) is 3.08. The number of carbonyl (C=O) groups is 1. The van der Waals surface area contributed by atoms with Gasteiger partial charge in [-0.1, -0.05) is 31.6 Å². The first-order valence-electron chi connectivity index (χ1n) is 8.80. The van der Waals surface area contributed by atoms with Gasteiger partial charge in [-0.05, 0) is 34.1 Å². The molecule has 3 unspecified atom stereocenters. The number of ether oxygens (including phenoxy) is 4. The Bertz CT molecular complexity index is 365. The Kier molecular flexibility index (Phi) is 14.6. The number of esters is 1. The molecule has 5 nitrogen and oxygen atoms in total. The number of hydrogen-bond acceptors (Lipinski definition) is 5. The molecule has 24 heavy (non-hydrogen) atoms. The third-order valence-electron chi connectivity index (χ3n) is 3.08.